The van der Waals surface area contributed by atoms with Gasteiger partial charge in [-0.1, -0.05) is 13.8 Å². The molecule has 1 saturated heterocycles. The monoisotopic (exact) mass is 484 g/mol. The third-order valence-electron chi connectivity index (χ3n) is 12.0. The fourth-order valence-corrected chi connectivity index (χ4v) is 9.84. The smallest absolute Gasteiger partial charge is 0.335 e. The number of hydrogen-bond acceptors (Lipinski definition) is 6. The van der Waals surface area contributed by atoms with E-state index in [9.17, 15) is 15.0 Å². The molecule has 6 rings (SSSR count). The van der Waals surface area contributed by atoms with Crippen LogP contribution in [0.2, 0.25) is 0 Å². The lowest BCUT2D eigenvalue weighted by molar-refractivity contribution is -0.250. The molecule has 3 N–H and O–H groups in total. The van der Waals surface area contributed by atoms with Crippen LogP contribution in [-0.4, -0.2) is 58.5 Å². The molecule has 0 unspecified atom stereocenters. The van der Waals surface area contributed by atoms with Crippen molar-refractivity contribution in [2.24, 2.45) is 22.7 Å². The second-order valence-corrected chi connectivity index (χ2v) is 13.1. The van der Waals surface area contributed by atoms with E-state index < -0.39 is 11.2 Å². The molecular weight excluding hydrogens is 440 g/mol. The summed E-state index contributed by atoms with van der Waals surface area (Å²) in [6, 6.07) is 3.90. The summed E-state index contributed by atoms with van der Waals surface area (Å²) in [6.07, 6.45) is 11.4. The summed E-state index contributed by atoms with van der Waals surface area (Å²) < 4.78 is 5.22. The van der Waals surface area contributed by atoms with Crippen molar-refractivity contribution >= 4 is 0 Å². The second-order valence-electron chi connectivity index (χ2n) is 13.1. The zero-order valence-electron chi connectivity index (χ0n) is 21.6. The fourth-order valence-electron chi connectivity index (χ4n) is 9.84. The average molecular weight is 485 g/mol. The van der Waals surface area contributed by atoms with Crippen molar-refractivity contribution < 1.29 is 14.6 Å². The maximum absolute atomic E-state index is 12.4. The van der Waals surface area contributed by atoms with Gasteiger partial charge in [0.2, 0.25) is 0 Å². The van der Waals surface area contributed by atoms with Gasteiger partial charge in [0.25, 0.3) is 0 Å². The molecule has 0 amide bonds. The van der Waals surface area contributed by atoms with Gasteiger partial charge in [0.15, 0.2) is 0 Å². The van der Waals surface area contributed by atoms with Gasteiger partial charge in [0.1, 0.15) is 0 Å². The molecule has 4 aliphatic carbocycles. The van der Waals surface area contributed by atoms with Crippen molar-refractivity contribution in [3.05, 3.63) is 34.4 Å². The minimum atomic E-state index is -0.728. The fraction of sp³-hybridized carbons (Fsp3) is 0.828. The molecule has 6 nitrogen and oxygen atoms in total. The quantitative estimate of drug-likeness (QED) is 0.594. The maximum Gasteiger partial charge on any atom is 0.335 e. The van der Waals surface area contributed by atoms with Crippen molar-refractivity contribution in [2.75, 3.05) is 26.2 Å². The first-order valence-electron chi connectivity index (χ1n) is 14.2. The number of aliphatic hydroxyl groups is 2. The summed E-state index contributed by atoms with van der Waals surface area (Å²) >= 11 is 0. The number of nitrogens with zero attached hydrogens (tertiary/aromatic N) is 1. The van der Waals surface area contributed by atoms with E-state index in [2.05, 4.69) is 24.1 Å². The Hall–Kier alpha value is -1.21. The summed E-state index contributed by atoms with van der Waals surface area (Å²) in [6.45, 7) is 9.00. The maximum atomic E-state index is 12.4. The molecule has 8 atom stereocenters. The molecule has 1 aromatic rings. The highest BCUT2D eigenvalue weighted by Crippen LogP contribution is 2.71. The average Bonchev–Trinajstić information content (AvgIpc) is 2.98. The molecule has 6 heteroatoms. The van der Waals surface area contributed by atoms with Crippen molar-refractivity contribution in [3.8, 4) is 0 Å². The highest BCUT2D eigenvalue weighted by molar-refractivity contribution is 5.27. The van der Waals surface area contributed by atoms with Crippen LogP contribution in [0.1, 0.15) is 89.5 Å². The van der Waals surface area contributed by atoms with Crippen molar-refractivity contribution in [1.82, 2.24) is 10.2 Å². The predicted molar refractivity (Wildman–Crippen MR) is 135 cm³/mol. The summed E-state index contributed by atoms with van der Waals surface area (Å²) in [5, 5.41) is 28.2. The highest BCUT2D eigenvalue weighted by atomic mass is 16.4. The van der Waals surface area contributed by atoms with Crippen LogP contribution in [0.3, 0.4) is 0 Å². The number of hydrogen-bond donors (Lipinski definition) is 3. The largest absolute Gasteiger partial charge is 0.431 e. The van der Waals surface area contributed by atoms with E-state index in [1.54, 1.807) is 6.26 Å². The van der Waals surface area contributed by atoms with Crippen LogP contribution in [0.5, 0.6) is 0 Å². The summed E-state index contributed by atoms with van der Waals surface area (Å²) in [5.74, 6) is 0.795. The molecule has 1 aromatic heterocycles. The summed E-state index contributed by atoms with van der Waals surface area (Å²) in [7, 11) is 0. The Bertz CT molecular complexity index is 984. The van der Waals surface area contributed by atoms with Crippen LogP contribution < -0.4 is 10.9 Å². The van der Waals surface area contributed by atoms with Crippen LogP contribution >= 0.6 is 0 Å². The van der Waals surface area contributed by atoms with Gasteiger partial charge in [-0.15, -0.1) is 0 Å². The lowest BCUT2D eigenvalue weighted by atomic mass is 9.41. The molecule has 0 radical (unpaired) electrons. The van der Waals surface area contributed by atoms with Gasteiger partial charge >= 0.3 is 5.63 Å². The Morgan fingerprint density at radius 1 is 0.943 bits per heavy atom. The molecule has 5 aliphatic rings. The number of rotatable bonds is 2. The molecule has 0 spiro atoms. The first-order valence-corrected chi connectivity index (χ1v) is 14.2. The SMILES string of the molecule is C[C@]12CC[C@H](N3CCCNCC3)C[C@@]1(O)CC[C@@H]1[C@@H]2CC[C@]2(C)[C@@H](c3ccc(=O)oc3)CC[C@]12O. The first-order chi connectivity index (χ1) is 16.7. The lowest BCUT2D eigenvalue weighted by Gasteiger charge is -2.66. The third kappa shape index (κ3) is 3.46. The van der Waals surface area contributed by atoms with Gasteiger partial charge in [0.05, 0.1) is 17.5 Å². The molecule has 194 valence electrons. The van der Waals surface area contributed by atoms with Gasteiger partial charge in [-0.3, -0.25) is 4.90 Å². The number of nitrogens with one attached hydrogen (secondary N) is 1. The minimum absolute atomic E-state index is 0.134. The Morgan fingerprint density at radius 3 is 2.54 bits per heavy atom. The zero-order valence-corrected chi connectivity index (χ0v) is 21.6. The Balaban J connectivity index is 1.26. The zero-order chi connectivity index (χ0) is 24.5. The second kappa shape index (κ2) is 8.41. The van der Waals surface area contributed by atoms with E-state index in [-0.39, 0.29) is 28.3 Å². The van der Waals surface area contributed by atoms with E-state index in [4.69, 9.17) is 4.42 Å². The first kappa shape index (κ1) is 24.1. The molecule has 0 aromatic carbocycles. The van der Waals surface area contributed by atoms with Crippen LogP contribution in [0.15, 0.2) is 27.6 Å². The molecule has 35 heavy (non-hydrogen) atoms. The van der Waals surface area contributed by atoms with E-state index in [0.29, 0.717) is 12.0 Å². The Kier molecular flexibility index (Phi) is 5.80. The van der Waals surface area contributed by atoms with E-state index >= 15 is 0 Å². The molecule has 4 saturated carbocycles. The van der Waals surface area contributed by atoms with Crippen molar-refractivity contribution in [1.29, 1.82) is 0 Å². The molecule has 0 bridgehead atoms. The van der Waals surface area contributed by atoms with Gasteiger partial charge in [-0.25, -0.2) is 4.79 Å². The van der Waals surface area contributed by atoms with E-state index in [1.807, 2.05) is 6.07 Å². The standard InChI is InChI=1S/C29H44N2O4/c1-26-10-6-21(31-16-3-14-30-15-17-31)18-28(26,33)12-8-24-23(26)7-11-27(2)22(9-13-29(24,27)34)20-4-5-25(32)35-19-20/h4-5,19,21-24,30,33-34H,3,6-18H2,1-2H3/t21-,22+,23-,24+,26+,27+,28-,29-/m0/s1. The van der Waals surface area contributed by atoms with Crippen LogP contribution in [0, 0.1) is 22.7 Å². The Labute approximate surface area is 209 Å². The molecule has 2 heterocycles. The van der Waals surface area contributed by atoms with Crippen LogP contribution in [-0.2, 0) is 0 Å². The van der Waals surface area contributed by atoms with Gasteiger partial charge in [-0.2, -0.15) is 0 Å². The van der Waals surface area contributed by atoms with Crippen molar-refractivity contribution in [3.63, 3.8) is 0 Å². The van der Waals surface area contributed by atoms with E-state index in [0.717, 1.165) is 89.5 Å². The van der Waals surface area contributed by atoms with Gasteiger partial charge in [-0.05, 0) is 112 Å². The summed E-state index contributed by atoms with van der Waals surface area (Å²) in [5.41, 5.74) is -0.993. The highest BCUT2D eigenvalue weighted by Gasteiger charge is 2.70. The van der Waals surface area contributed by atoms with Crippen LogP contribution in [0.4, 0.5) is 0 Å². The topological polar surface area (TPSA) is 85.9 Å². The summed E-state index contributed by atoms with van der Waals surface area (Å²) in [4.78, 5) is 14.2. The number of fused-ring (bicyclic) bond motifs is 5. The normalized spacial score (nSPS) is 48.5. The molecule has 1 aliphatic heterocycles. The minimum Gasteiger partial charge on any atom is -0.431 e. The molecule has 5 fully saturated rings. The predicted octanol–water partition coefficient (Wildman–Crippen LogP) is 3.66. The Morgan fingerprint density at radius 2 is 1.74 bits per heavy atom. The van der Waals surface area contributed by atoms with Gasteiger partial charge in [0, 0.05) is 30.6 Å². The van der Waals surface area contributed by atoms with Crippen molar-refractivity contribution in [2.45, 2.75) is 101 Å². The van der Waals surface area contributed by atoms with Crippen LogP contribution in [0.25, 0.3) is 0 Å². The lowest BCUT2D eigenvalue weighted by Crippen LogP contribution is -2.68. The van der Waals surface area contributed by atoms with Gasteiger partial charge < -0.3 is 19.9 Å². The third-order valence-corrected chi connectivity index (χ3v) is 12.0. The van der Waals surface area contributed by atoms with E-state index in [1.165, 1.54) is 12.5 Å². The molecular formula is C29H44N2O4.